The molecule has 1 saturated carbocycles. The zero-order valence-electron chi connectivity index (χ0n) is 10.2. The largest absolute Gasteiger partial charge is 0.393 e. The predicted molar refractivity (Wildman–Crippen MR) is 61.1 cm³/mol. The van der Waals surface area contributed by atoms with Gasteiger partial charge >= 0.3 is 0 Å². The van der Waals surface area contributed by atoms with Crippen LogP contribution in [-0.2, 0) is 0 Å². The molecule has 0 saturated heterocycles. The fraction of sp³-hybridized carbons (Fsp3) is 1.00. The maximum atomic E-state index is 9.95. The molecular weight excluding hydrogens is 172 g/mol. The molecular formula is C13H26O. The van der Waals surface area contributed by atoms with E-state index in [2.05, 4.69) is 27.7 Å². The molecule has 1 N–H and O–H groups in total. The molecule has 1 nitrogen and oxygen atoms in total. The van der Waals surface area contributed by atoms with Gasteiger partial charge in [-0.25, -0.2) is 0 Å². The molecule has 1 fully saturated rings. The van der Waals surface area contributed by atoms with Gasteiger partial charge in [-0.2, -0.15) is 0 Å². The Hall–Kier alpha value is -0.0400. The van der Waals surface area contributed by atoms with Crippen LogP contribution >= 0.6 is 0 Å². The van der Waals surface area contributed by atoms with Gasteiger partial charge in [0.25, 0.3) is 0 Å². The summed E-state index contributed by atoms with van der Waals surface area (Å²) in [5.74, 6) is 2.91. The summed E-state index contributed by atoms with van der Waals surface area (Å²) in [7, 11) is 0. The Bertz CT molecular complexity index is 161. The number of aliphatic hydroxyl groups is 1. The number of rotatable bonds is 3. The topological polar surface area (TPSA) is 20.2 Å². The SMILES string of the molecule is CCC(O)C1CC(C(C)C)CCC1C. The number of aliphatic hydroxyl groups excluding tert-OH is 1. The van der Waals surface area contributed by atoms with Crippen molar-refractivity contribution < 1.29 is 5.11 Å². The van der Waals surface area contributed by atoms with Crippen LogP contribution in [0.1, 0.15) is 53.4 Å². The molecule has 0 aliphatic heterocycles. The summed E-state index contributed by atoms with van der Waals surface area (Å²) in [4.78, 5) is 0. The summed E-state index contributed by atoms with van der Waals surface area (Å²) in [6, 6.07) is 0. The fourth-order valence-electron chi connectivity index (χ4n) is 2.84. The van der Waals surface area contributed by atoms with Crippen LogP contribution in [0, 0.1) is 23.7 Å². The first-order chi connectivity index (χ1) is 6.56. The van der Waals surface area contributed by atoms with Crippen LogP contribution in [0.3, 0.4) is 0 Å². The molecule has 1 heteroatoms. The van der Waals surface area contributed by atoms with Crippen molar-refractivity contribution in [3.8, 4) is 0 Å². The zero-order chi connectivity index (χ0) is 10.7. The van der Waals surface area contributed by atoms with Crippen molar-refractivity contribution in [3.05, 3.63) is 0 Å². The Kier molecular flexibility index (Phi) is 4.43. The van der Waals surface area contributed by atoms with Crippen LogP contribution in [0.4, 0.5) is 0 Å². The van der Waals surface area contributed by atoms with E-state index in [1.165, 1.54) is 19.3 Å². The summed E-state index contributed by atoms with van der Waals surface area (Å²) >= 11 is 0. The van der Waals surface area contributed by atoms with Crippen LogP contribution in [0.25, 0.3) is 0 Å². The Morgan fingerprint density at radius 1 is 1.29 bits per heavy atom. The molecule has 0 aromatic rings. The van der Waals surface area contributed by atoms with E-state index in [-0.39, 0.29) is 6.10 Å². The molecule has 0 bridgehead atoms. The molecule has 0 spiro atoms. The summed E-state index contributed by atoms with van der Waals surface area (Å²) < 4.78 is 0. The highest BCUT2D eigenvalue weighted by Gasteiger charge is 2.32. The lowest BCUT2D eigenvalue weighted by Crippen LogP contribution is -2.33. The monoisotopic (exact) mass is 198 g/mol. The molecule has 1 rings (SSSR count). The van der Waals surface area contributed by atoms with E-state index < -0.39 is 0 Å². The van der Waals surface area contributed by atoms with Gasteiger partial charge in [0.05, 0.1) is 6.10 Å². The van der Waals surface area contributed by atoms with Gasteiger partial charge in [0, 0.05) is 0 Å². The van der Waals surface area contributed by atoms with Gasteiger partial charge in [-0.1, -0.05) is 34.1 Å². The molecule has 0 aromatic heterocycles. The highest BCUT2D eigenvalue weighted by Crippen LogP contribution is 2.39. The molecule has 0 radical (unpaired) electrons. The van der Waals surface area contributed by atoms with Gasteiger partial charge in [-0.15, -0.1) is 0 Å². The van der Waals surface area contributed by atoms with E-state index in [4.69, 9.17) is 0 Å². The highest BCUT2D eigenvalue weighted by molar-refractivity contribution is 4.83. The lowest BCUT2D eigenvalue weighted by atomic mass is 9.69. The van der Waals surface area contributed by atoms with Gasteiger partial charge in [-0.3, -0.25) is 0 Å². The van der Waals surface area contributed by atoms with Crippen molar-refractivity contribution in [2.75, 3.05) is 0 Å². The number of hydrogen-bond acceptors (Lipinski definition) is 1. The van der Waals surface area contributed by atoms with E-state index in [0.29, 0.717) is 5.92 Å². The number of hydrogen-bond donors (Lipinski definition) is 1. The van der Waals surface area contributed by atoms with Gasteiger partial charge in [0.1, 0.15) is 0 Å². The Morgan fingerprint density at radius 3 is 2.43 bits per heavy atom. The molecule has 4 unspecified atom stereocenters. The lowest BCUT2D eigenvalue weighted by molar-refractivity contribution is 0.0255. The van der Waals surface area contributed by atoms with E-state index in [1.54, 1.807) is 0 Å². The van der Waals surface area contributed by atoms with Gasteiger partial charge in [0.15, 0.2) is 0 Å². The van der Waals surface area contributed by atoms with Gasteiger partial charge in [-0.05, 0) is 42.9 Å². The van der Waals surface area contributed by atoms with Crippen LogP contribution in [0.5, 0.6) is 0 Å². The maximum Gasteiger partial charge on any atom is 0.0568 e. The zero-order valence-corrected chi connectivity index (χ0v) is 10.2. The van der Waals surface area contributed by atoms with E-state index in [1.807, 2.05) is 0 Å². The first-order valence-electron chi connectivity index (χ1n) is 6.24. The minimum absolute atomic E-state index is 0.0634. The van der Waals surface area contributed by atoms with E-state index in [0.717, 1.165) is 24.2 Å². The van der Waals surface area contributed by atoms with Crippen LogP contribution in [0.2, 0.25) is 0 Å². The van der Waals surface area contributed by atoms with E-state index >= 15 is 0 Å². The second kappa shape index (κ2) is 5.16. The van der Waals surface area contributed by atoms with Crippen LogP contribution < -0.4 is 0 Å². The third kappa shape index (κ3) is 2.73. The molecule has 1 aliphatic rings. The molecule has 84 valence electrons. The third-order valence-corrected chi connectivity index (χ3v) is 4.15. The smallest absolute Gasteiger partial charge is 0.0568 e. The van der Waals surface area contributed by atoms with Crippen molar-refractivity contribution in [3.63, 3.8) is 0 Å². The summed E-state index contributed by atoms with van der Waals surface area (Å²) in [5, 5.41) is 9.95. The van der Waals surface area contributed by atoms with Crippen LogP contribution in [0.15, 0.2) is 0 Å². The Labute approximate surface area is 88.9 Å². The van der Waals surface area contributed by atoms with Crippen molar-refractivity contribution in [1.82, 2.24) is 0 Å². The molecule has 4 atom stereocenters. The molecule has 0 heterocycles. The first-order valence-corrected chi connectivity index (χ1v) is 6.24. The quantitative estimate of drug-likeness (QED) is 0.736. The minimum atomic E-state index is -0.0634. The van der Waals surface area contributed by atoms with Crippen molar-refractivity contribution in [2.45, 2.75) is 59.5 Å². The predicted octanol–water partition coefficient (Wildman–Crippen LogP) is 3.47. The summed E-state index contributed by atoms with van der Waals surface area (Å²) in [6.45, 7) is 9.03. The standard InChI is InChI=1S/C13H26O/c1-5-13(14)12-8-11(9(2)3)7-6-10(12)4/h9-14H,5-8H2,1-4H3. The van der Waals surface area contributed by atoms with Gasteiger partial charge in [0.2, 0.25) is 0 Å². The second-order valence-corrected chi connectivity index (χ2v) is 5.43. The lowest BCUT2D eigenvalue weighted by Gasteiger charge is -2.38. The summed E-state index contributed by atoms with van der Waals surface area (Å²) in [5.41, 5.74) is 0. The molecule has 0 amide bonds. The average Bonchev–Trinajstić information content (AvgIpc) is 2.17. The third-order valence-electron chi connectivity index (χ3n) is 4.15. The highest BCUT2D eigenvalue weighted by atomic mass is 16.3. The summed E-state index contributed by atoms with van der Waals surface area (Å²) in [6.07, 6.45) is 4.77. The van der Waals surface area contributed by atoms with Crippen molar-refractivity contribution in [2.24, 2.45) is 23.7 Å². The molecule has 14 heavy (non-hydrogen) atoms. The van der Waals surface area contributed by atoms with Crippen molar-refractivity contribution >= 4 is 0 Å². The second-order valence-electron chi connectivity index (χ2n) is 5.43. The van der Waals surface area contributed by atoms with E-state index in [9.17, 15) is 5.11 Å². The minimum Gasteiger partial charge on any atom is -0.393 e. The maximum absolute atomic E-state index is 9.95. The van der Waals surface area contributed by atoms with Crippen LogP contribution in [-0.4, -0.2) is 11.2 Å². The Morgan fingerprint density at radius 2 is 1.93 bits per heavy atom. The Balaban J connectivity index is 2.55. The molecule has 1 aliphatic carbocycles. The van der Waals surface area contributed by atoms with Crippen molar-refractivity contribution in [1.29, 1.82) is 0 Å². The average molecular weight is 198 g/mol. The fourth-order valence-corrected chi connectivity index (χ4v) is 2.84. The van der Waals surface area contributed by atoms with Gasteiger partial charge < -0.3 is 5.11 Å². The molecule has 0 aromatic carbocycles. The normalized spacial score (nSPS) is 36.0. The first kappa shape index (κ1) is 12.0.